The number of halogens is 2. The minimum absolute atomic E-state index is 0. The van der Waals surface area contributed by atoms with Gasteiger partial charge in [0.05, 0.1) is 21.7 Å². The first-order valence-electron chi connectivity index (χ1n) is 9.57. The molecule has 2 aliphatic rings. The zero-order valence-electron chi connectivity index (χ0n) is 17.7. The van der Waals surface area contributed by atoms with Gasteiger partial charge < -0.3 is 34.5 Å². The van der Waals surface area contributed by atoms with Crippen LogP contribution in [0.5, 0.6) is 0 Å². The first-order chi connectivity index (χ1) is 13.5. The number of carbonyl (C=O) groups is 1. The maximum absolute atomic E-state index is 11.1. The van der Waals surface area contributed by atoms with E-state index in [2.05, 4.69) is 34.1 Å². The van der Waals surface area contributed by atoms with Gasteiger partial charge >= 0.3 is 5.97 Å². The van der Waals surface area contributed by atoms with E-state index in [0.29, 0.717) is 16.0 Å². The molecule has 2 aliphatic heterocycles. The molecule has 2 aromatic rings. The minimum Gasteiger partial charge on any atom is -0.481 e. The van der Waals surface area contributed by atoms with Gasteiger partial charge in [0.15, 0.2) is 0 Å². The van der Waals surface area contributed by atoms with Gasteiger partial charge in [0, 0.05) is 95.7 Å². The molecule has 31 heavy (non-hydrogen) atoms. The van der Waals surface area contributed by atoms with E-state index < -0.39 is 5.97 Å². The first kappa shape index (κ1) is 30.0. The SMILES string of the molecule is O=C(O)C1CCN(Cc2[c-]cc(C3CN(c4c(Cl)cccc4Cl)C3)c[c-]2)CC1.[CH3-].[Pr].[Pr]. The van der Waals surface area contributed by atoms with Crippen LogP contribution in [0.25, 0.3) is 0 Å². The largest absolute Gasteiger partial charge is 0.481 e. The summed E-state index contributed by atoms with van der Waals surface area (Å²) in [6.07, 6.45) is 1.44. The predicted molar refractivity (Wildman–Crippen MR) is 118 cm³/mol. The van der Waals surface area contributed by atoms with Crippen molar-refractivity contribution in [2.24, 2.45) is 5.92 Å². The average Bonchev–Trinajstić information content (AvgIpc) is 2.64. The van der Waals surface area contributed by atoms with Crippen molar-refractivity contribution < 1.29 is 92.5 Å². The van der Waals surface area contributed by atoms with Gasteiger partial charge in [-0.05, 0) is 44.6 Å². The molecule has 4 rings (SSSR count). The van der Waals surface area contributed by atoms with E-state index in [-0.39, 0.29) is 95.9 Å². The van der Waals surface area contributed by atoms with Crippen molar-refractivity contribution in [2.75, 3.05) is 31.1 Å². The summed E-state index contributed by atoms with van der Waals surface area (Å²) in [4.78, 5) is 15.5. The molecular weight excluding hydrogens is 689 g/mol. The monoisotopic (exact) mass is 713 g/mol. The Morgan fingerprint density at radius 3 is 2.13 bits per heavy atom. The predicted octanol–water partition coefficient (Wildman–Crippen LogP) is 4.94. The number of para-hydroxylation sites is 1. The molecule has 4 nitrogen and oxygen atoms in total. The van der Waals surface area contributed by atoms with Crippen LogP contribution in [0.2, 0.25) is 10.0 Å². The Labute approximate surface area is 261 Å². The van der Waals surface area contributed by atoms with Crippen LogP contribution in [0.1, 0.15) is 29.9 Å². The maximum Gasteiger partial charge on any atom is 0.306 e. The van der Waals surface area contributed by atoms with E-state index in [9.17, 15) is 4.79 Å². The van der Waals surface area contributed by atoms with Crippen LogP contribution in [-0.2, 0) is 11.3 Å². The Hall–Kier alpha value is 0.977. The zero-order chi connectivity index (χ0) is 19.7. The molecule has 0 amide bonds. The quantitative estimate of drug-likeness (QED) is 0.446. The number of hydrogen-bond acceptors (Lipinski definition) is 3. The van der Waals surface area contributed by atoms with E-state index in [1.807, 2.05) is 18.2 Å². The Morgan fingerprint density at radius 1 is 1.06 bits per heavy atom. The molecule has 2 aromatic carbocycles. The molecule has 0 aromatic heterocycles. The summed E-state index contributed by atoms with van der Waals surface area (Å²) >= 11 is 12.6. The number of anilines is 1. The number of piperidine rings is 1. The van der Waals surface area contributed by atoms with Gasteiger partial charge in [-0.1, -0.05) is 35.2 Å². The fourth-order valence-corrected chi connectivity index (χ4v) is 4.61. The smallest absolute Gasteiger partial charge is 0.306 e. The molecule has 1 N–H and O–H groups in total. The molecule has 0 spiro atoms. The number of rotatable bonds is 5. The van der Waals surface area contributed by atoms with Crippen molar-refractivity contribution in [1.82, 2.24) is 4.90 Å². The number of benzene rings is 2. The van der Waals surface area contributed by atoms with Crippen LogP contribution in [0.4, 0.5) is 5.69 Å². The van der Waals surface area contributed by atoms with Gasteiger partial charge in [0.2, 0.25) is 0 Å². The summed E-state index contributed by atoms with van der Waals surface area (Å²) < 4.78 is 0. The molecule has 8 heteroatoms. The van der Waals surface area contributed by atoms with Crippen LogP contribution in [0.3, 0.4) is 0 Å². The van der Waals surface area contributed by atoms with Crippen LogP contribution in [0, 0.1) is 108 Å². The number of aliphatic carboxylic acids is 1. The summed E-state index contributed by atoms with van der Waals surface area (Å²) in [5.41, 5.74) is 3.17. The van der Waals surface area contributed by atoms with E-state index in [0.717, 1.165) is 56.8 Å². The van der Waals surface area contributed by atoms with Gasteiger partial charge in [-0.15, -0.1) is 0 Å². The summed E-state index contributed by atoms with van der Waals surface area (Å²) in [5, 5.41) is 10.5. The summed E-state index contributed by atoms with van der Waals surface area (Å²) in [5.74, 6) is -0.435. The van der Waals surface area contributed by atoms with Gasteiger partial charge in [0.25, 0.3) is 0 Å². The second kappa shape index (κ2) is 13.8. The molecule has 2 saturated heterocycles. The van der Waals surface area contributed by atoms with Crippen LogP contribution < -0.4 is 4.90 Å². The van der Waals surface area contributed by atoms with Gasteiger partial charge in [0.1, 0.15) is 0 Å². The molecule has 162 valence electrons. The van der Waals surface area contributed by atoms with Crippen molar-refractivity contribution in [3.63, 3.8) is 0 Å². The van der Waals surface area contributed by atoms with Crippen LogP contribution in [0.15, 0.2) is 30.3 Å². The number of carboxylic acid groups (broad SMARTS) is 1. The Balaban J connectivity index is 0.00000160. The van der Waals surface area contributed by atoms with Crippen LogP contribution in [-0.4, -0.2) is 42.2 Å². The normalized spacial score (nSPS) is 17.0. The fraction of sp³-hybridized carbons (Fsp3) is 0.391. The molecule has 0 saturated carbocycles. The standard InChI is InChI=1S/C22H22Cl2N2O2.CH3.2Pr/c23-19-2-1-3-20(24)21(19)26-13-18(14-26)16-6-4-15(5-7-16)12-25-10-8-17(9-11-25)22(27)28;;;/h1-3,6-7,17-18H,8-14H2,(H,27,28);1H3;;/q-2;-1;;. The van der Waals surface area contributed by atoms with Crippen molar-refractivity contribution in [2.45, 2.75) is 25.3 Å². The third kappa shape index (κ3) is 7.48. The average molecular weight is 714 g/mol. The summed E-state index contributed by atoms with van der Waals surface area (Å²) in [7, 11) is 0. The van der Waals surface area contributed by atoms with Crippen molar-refractivity contribution in [3.8, 4) is 0 Å². The molecular formula is C23H25Cl2N2O2Pr2-3. The third-order valence-corrected chi connectivity index (χ3v) is 6.36. The summed E-state index contributed by atoms with van der Waals surface area (Å²) in [6.45, 7) is 4.17. The Morgan fingerprint density at radius 2 is 1.61 bits per heavy atom. The fourth-order valence-electron chi connectivity index (χ4n) is 3.98. The minimum atomic E-state index is -0.672. The molecule has 2 heterocycles. The van der Waals surface area contributed by atoms with E-state index >= 15 is 0 Å². The van der Waals surface area contributed by atoms with Gasteiger partial charge in [-0.3, -0.25) is 28.1 Å². The van der Waals surface area contributed by atoms with Crippen molar-refractivity contribution in [1.29, 1.82) is 0 Å². The molecule has 0 unspecified atom stereocenters. The second-order valence-corrected chi connectivity index (χ2v) is 8.43. The van der Waals surface area contributed by atoms with Crippen molar-refractivity contribution >= 4 is 34.9 Å². The number of likely N-dealkylation sites (tertiary alicyclic amines) is 1. The van der Waals surface area contributed by atoms with Gasteiger partial charge in [-0.25, -0.2) is 0 Å². The van der Waals surface area contributed by atoms with Gasteiger partial charge in [-0.2, -0.15) is 0 Å². The van der Waals surface area contributed by atoms with E-state index in [4.69, 9.17) is 28.3 Å². The zero-order valence-corrected chi connectivity index (χ0v) is 26.6. The molecule has 0 aliphatic carbocycles. The number of hydrogen-bond donors (Lipinski definition) is 1. The topological polar surface area (TPSA) is 43.8 Å². The Bertz CT molecular complexity index is 833. The first-order valence-corrected chi connectivity index (χ1v) is 10.3. The number of carboxylic acids is 1. The Kier molecular flexibility index (Phi) is 13.3. The molecule has 0 bridgehead atoms. The number of nitrogens with zero attached hydrogens (tertiary/aromatic N) is 2. The van der Waals surface area contributed by atoms with E-state index in [1.165, 1.54) is 5.56 Å². The molecule has 2 fully saturated rings. The van der Waals surface area contributed by atoms with Crippen molar-refractivity contribution in [3.05, 3.63) is 71.1 Å². The second-order valence-electron chi connectivity index (χ2n) is 7.62. The summed E-state index contributed by atoms with van der Waals surface area (Å²) in [6, 6.07) is 16.4. The molecule has 2 radical (unpaired) electrons. The maximum atomic E-state index is 11.1. The van der Waals surface area contributed by atoms with E-state index in [1.54, 1.807) is 0 Å². The third-order valence-electron chi connectivity index (χ3n) is 5.75. The molecule has 0 atom stereocenters. The van der Waals surface area contributed by atoms with Crippen LogP contribution >= 0.6 is 23.2 Å².